The topological polar surface area (TPSA) is 105 Å². The van der Waals surface area contributed by atoms with Gasteiger partial charge in [0.1, 0.15) is 5.82 Å². The summed E-state index contributed by atoms with van der Waals surface area (Å²) in [5.41, 5.74) is 9.83. The lowest BCUT2D eigenvalue weighted by Crippen LogP contribution is -2.19. The van der Waals surface area contributed by atoms with Crippen LogP contribution in [-0.4, -0.2) is 49.5 Å². The molecule has 4 rings (SSSR count). The van der Waals surface area contributed by atoms with E-state index in [2.05, 4.69) is 27.8 Å². The Hall–Kier alpha value is -2.39. The molecule has 1 saturated heterocycles. The molecule has 1 fully saturated rings. The predicted octanol–water partition coefficient (Wildman–Crippen LogP) is 4.16. The van der Waals surface area contributed by atoms with E-state index in [0.717, 1.165) is 49.4 Å². The normalized spacial score (nSPS) is 18.1. The lowest BCUT2D eigenvalue weighted by Gasteiger charge is -2.15. The Bertz CT molecular complexity index is 1080. The first-order valence-corrected chi connectivity index (χ1v) is 13.7. The van der Waals surface area contributed by atoms with Gasteiger partial charge < -0.3 is 19.6 Å². The van der Waals surface area contributed by atoms with Crippen LogP contribution in [0, 0.1) is 13.8 Å². The maximum Gasteiger partial charge on any atom is 0.217 e. The zero-order valence-corrected chi connectivity index (χ0v) is 21.7. The largest absolute Gasteiger partial charge is 0.376 e. The minimum Gasteiger partial charge on any atom is -0.376 e. The van der Waals surface area contributed by atoms with Crippen molar-refractivity contribution >= 4 is 23.5 Å². The maximum atomic E-state index is 13.2. The molecule has 1 aliphatic heterocycles. The number of ketones is 1. The summed E-state index contributed by atoms with van der Waals surface area (Å²) in [6.45, 7) is 6.43. The van der Waals surface area contributed by atoms with Gasteiger partial charge in [-0.15, -0.1) is 10.2 Å². The summed E-state index contributed by atoms with van der Waals surface area (Å²) in [6.07, 6.45) is 11.2. The second kappa shape index (κ2) is 12.0. The number of carbonyl (C=O) groups excluding carboxylic acids is 2. The van der Waals surface area contributed by atoms with Gasteiger partial charge in [-0.1, -0.05) is 23.4 Å². The summed E-state index contributed by atoms with van der Waals surface area (Å²) < 4.78 is 10.1. The van der Waals surface area contributed by atoms with Crippen LogP contribution in [0.25, 0.3) is 0 Å². The van der Waals surface area contributed by atoms with Gasteiger partial charge in [0, 0.05) is 42.9 Å². The van der Waals surface area contributed by atoms with Crippen molar-refractivity contribution in [2.45, 2.75) is 96.0 Å². The highest BCUT2D eigenvalue weighted by Gasteiger charge is 2.23. The van der Waals surface area contributed by atoms with Crippen LogP contribution in [0.5, 0.6) is 0 Å². The fourth-order valence-corrected chi connectivity index (χ4v) is 5.89. The van der Waals surface area contributed by atoms with Gasteiger partial charge in [0.05, 0.1) is 18.4 Å². The first-order chi connectivity index (χ1) is 16.9. The summed E-state index contributed by atoms with van der Waals surface area (Å²) in [7, 11) is 0. The van der Waals surface area contributed by atoms with Crippen LogP contribution in [-0.2, 0) is 29.0 Å². The number of ether oxygens (including phenoxy) is 1. The van der Waals surface area contributed by atoms with Crippen molar-refractivity contribution in [2.75, 3.05) is 12.4 Å². The molecule has 0 radical (unpaired) electrons. The van der Waals surface area contributed by atoms with Crippen LogP contribution >= 0.6 is 11.8 Å². The standard InChI is InChI=1S/C26H37N5O3S/c1-18-15-22(19(2)30(18)13-12-20-7-4-3-5-8-20)23(32)17-35-26-29-28-25(11-10-24(27)33)31(26)16-21-9-6-14-34-21/h7,15,21H,3-6,8-14,16-17H2,1-2H3,(H2,27,33). The molecule has 3 heterocycles. The van der Waals surface area contributed by atoms with E-state index in [9.17, 15) is 9.59 Å². The van der Waals surface area contributed by atoms with E-state index in [1.54, 1.807) is 5.57 Å². The highest BCUT2D eigenvalue weighted by Crippen LogP contribution is 2.26. The predicted molar refractivity (Wildman–Crippen MR) is 137 cm³/mol. The Morgan fingerprint density at radius 2 is 2.03 bits per heavy atom. The average molecular weight is 500 g/mol. The number of rotatable bonds is 12. The summed E-state index contributed by atoms with van der Waals surface area (Å²) in [6, 6.07) is 2.02. The van der Waals surface area contributed by atoms with Gasteiger partial charge in [0.25, 0.3) is 0 Å². The molecule has 35 heavy (non-hydrogen) atoms. The lowest BCUT2D eigenvalue weighted by atomic mass is 9.97. The van der Waals surface area contributed by atoms with Crippen molar-refractivity contribution in [3.63, 3.8) is 0 Å². The third-order valence-corrected chi connectivity index (χ3v) is 8.01. The minimum absolute atomic E-state index is 0.0941. The number of aryl methyl sites for hydroxylation is 2. The number of amides is 1. The van der Waals surface area contributed by atoms with Gasteiger partial charge in [0.2, 0.25) is 5.91 Å². The van der Waals surface area contributed by atoms with Crippen molar-refractivity contribution in [2.24, 2.45) is 5.73 Å². The minimum atomic E-state index is -0.365. The second-order valence-electron chi connectivity index (χ2n) is 9.62. The maximum absolute atomic E-state index is 13.2. The number of thioether (sulfide) groups is 1. The van der Waals surface area contributed by atoms with Crippen LogP contribution in [0.15, 0.2) is 22.9 Å². The Balaban J connectivity index is 1.42. The van der Waals surface area contributed by atoms with Crippen LogP contribution in [0.3, 0.4) is 0 Å². The van der Waals surface area contributed by atoms with Gasteiger partial charge >= 0.3 is 0 Å². The van der Waals surface area contributed by atoms with Crippen LogP contribution in [0.1, 0.15) is 78.9 Å². The summed E-state index contributed by atoms with van der Waals surface area (Å²) in [4.78, 5) is 24.5. The molecule has 0 spiro atoms. The lowest BCUT2D eigenvalue weighted by molar-refractivity contribution is -0.118. The highest BCUT2D eigenvalue weighted by atomic mass is 32.2. The van der Waals surface area contributed by atoms with E-state index < -0.39 is 0 Å². The van der Waals surface area contributed by atoms with Crippen LogP contribution < -0.4 is 5.73 Å². The molecular formula is C26H37N5O3S. The molecular weight excluding hydrogens is 462 g/mol. The zero-order valence-electron chi connectivity index (χ0n) is 20.9. The number of primary amides is 1. The number of nitrogens with zero attached hydrogens (tertiary/aromatic N) is 4. The molecule has 0 saturated carbocycles. The molecule has 2 aliphatic rings. The number of nitrogens with two attached hydrogens (primary N) is 1. The Labute approximate surface area is 211 Å². The molecule has 2 N–H and O–H groups in total. The molecule has 2 aromatic rings. The molecule has 1 unspecified atom stereocenters. The number of hydrogen-bond acceptors (Lipinski definition) is 6. The molecule has 9 heteroatoms. The Morgan fingerprint density at radius 1 is 1.17 bits per heavy atom. The van der Waals surface area contributed by atoms with E-state index >= 15 is 0 Å². The van der Waals surface area contributed by atoms with Crippen molar-refractivity contribution in [1.29, 1.82) is 0 Å². The highest BCUT2D eigenvalue weighted by molar-refractivity contribution is 7.99. The molecule has 1 aliphatic carbocycles. The first-order valence-electron chi connectivity index (χ1n) is 12.7. The summed E-state index contributed by atoms with van der Waals surface area (Å²) >= 11 is 1.40. The third kappa shape index (κ3) is 6.64. The molecule has 190 valence electrons. The van der Waals surface area contributed by atoms with E-state index in [1.165, 1.54) is 37.4 Å². The van der Waals surface area contributed by atoms with Crippen molar-refractivity contribution < 1.29 is 14.3 Å². The Morgan fingerprint density at radius 3 is 2.74 bits per heavy atom. The number of aromatic nitrogens is 4. The van der Waals surface area contributed by atoms with E-state index in [4.69, 9.17) is 10.5 Å². The fourth-order valence-electron chi connectivity index (χ4n) is 5.04. The molecule has 1 amide bonds. The van der Waals surface area contributed by atoms with Gasteiger partial charge in [-0.3, -0.25) is 9.59 Å². The van der Waals surface area contributed by atoms with Gasteiger partial charge in [0.15, 0.2) is 10.9 Å². The molecule has 0 bridgehead atoms. The van der Waals surface area contributed by atoms with Gasteiger partial charge in [-0.2, -0.15) is 0 Å². The summed E-state index contributed by atoms with van der Waals surface area (Å²) in [5.74, 6) is 0.728. The monoisotopic (exact) mass is 499 g/mol. The van der Waals surface area contributed by atoms with E-state index in [0.29, 0.717) is 23.9 Å². The number of allylic oxidation sites excluding steroid dienone is 2. The fraction of sp³-hybridized carbons (Fsp3) is 0.615. The first kappa shape index (κ1) is 25.7. The molecule has 1 atom stereocenters. The van der Waals surface area contributed by atoms with E-state index in [1.807, 2.05) is 17.6 Å². The zero-order chi connectivity index (χ0) is 24.8. The number of Topliss-reactive ketones (excluding diaryl/α,β-unsaturated/α-hetero) is 1. The van der Waals surface area contributed by atoms with Gasteiger partial charge in [-0.25, -0.2) is 0 Å². The van der Waals surface area contributed by atoms with Crippen LogP contribution in [0.4, 0.5) is 0 Å². The molecule has 8 nitrogen and oxygen atoms in total. The molecule has 0 aromatic carbocycles. The SMILES string of the molecule is Cc1cc(C(=O)CSc2nnc(CCC(N)=O)n2CC2CCCO2)c(C)n1CCC1=CCCCC1. The van der Waals surface area contributed by atoms with Crippen molar-refractivity contribution in [3.05, 3.63) is 40.5 Å². The van der Waals surface area contributed by atoms with Crippen molar-refractivity contribution in [1.82, 2.24) is 19.3 Å². The smallest absolute Gasteiger partial charge is 0.217 e. The number of carbonyl (C=O) groups is 2. The average Bonchev–Trinajstić information content (AvgIpc) is 3.56. The summed E-state index contributed by atoms with van der Waals surface area (Å²) in [5, 5.41) is 9.31. The van der Waals surface area contributed by atoms with Gasteiger partial charge in [-0.05, 0) is 64.9 Å². The molecule has 2 aromatic heterocycles. The van der Waals surface area contributed by atoms with Crippen molar-refractivity contribution in [3.8, 4) is 0 Å². The Kier molecular flexibility index (Phi) is 8.83. The van der Waals surface area contributed by atoms with Crippen LogP contribution in [0.2, 0.25) is 0 Å². The third-order valence-electron chi connectivity index (χ3n) is 7.05. The van der Waals surface area contributed by atoms with E-state index in [-0.39, 0.29) is 30.0 Å². The second-order valence-corrected chi connectivity index (χ2v) is 10.6. The number of hydrogen-bond donors (Lipinski definition) is 1. The quantitative estimate of drug-likeness (QED) is 0.267.